The lowest BCUT2D eigenvalue weighted by molar-refractivity contribution is 0.0694. The number of nitrogens with one attached hydrogen (secondary N) is 1. The Morgan fingerprint density at radius 2 is 2.00 bits per heavy atom. The van der Waals surface area contributed by atoms with Crippen LogP contribution in [-0.4, -0.2) is 37.2 Å². The van der Waals surface area contributed by atoms with Crippen LogP contribution in [0.5, 0.6) is 17.6 Å². The van der Waals surface area contributed by atoms with Crippen molar-refractivity contribution in [2.24, 2.45) is 0 Å². The number of ether oxygens (including phenoxy) is 2. The summed E-state index contributed by atoms with van der Waals surface area (Å²) in [7, 11) is 0. The average Bonchev–Trinajstić information content (AvgIpc) is 3.34. The number of nitrogens with zero attached hydrogens (tertiary/aromatic N) is 3. The maximum atomic E-state index is 12.2. The number of benzene rings is 1. The number of aromatic carboxylic acids is 1. The molecule has 11 heteroatoms. The second-order valence-electron chi connectivity index (χ2n) is 6.84. The topological polar surface area (TPSA) is 150 Å². The zero-order valence-corrected chi connectivity index (χ0v) is 17.3. The van der Waals surface area contributed by atoms with E-state index in [2.05, 4.69) is 15.0 Å². The molecule has 33 heavy (non-hydrogen) atoms. The molecule has 0 saturated heterocycles. The number of carboxylic acid groups (broad SMARTS) is 1. The fourth-order valence-corrected chi connectivity index (χ4v) is 2.96. The van der Waals surface area contributed by atoms with Gasteiger partial charge in [0.05, 0.1) is 12.8 Å². The summed E-state index contributed by atoms with van der Waals surface area (Å²) >= 11 is 0. The summed E-state index contributed by atoms with van der Waals surface area (Å²) in [4.78, 5) is 46.5. The molecule has 0 unspecified atom stereocenters. The van der Waals surface area contributed by atoms with Crippen LogP contribution >= 0.6 is 0 Å². The number of furan rings is 1. The molecular weight excluding hydrogens is 432 g/mol. The van der Waals surface area contributed by atoms with Crippen LogP contribution < -0.4 is 20.7 Å². The van der Waals surface area contributed by atoms with Crippen molar-refractivity contribution in [1.29, 1.82) is 0 Å². The molecule has 4 rings (SSSR count). The van der Waals surface area contributed by atoms with E-state index in [1.165, 1.54) is 30.7 Å². The summed E-state index contributed by atoms with van der Waals surface area (Å²) in [5.41, 5.74) is -0.316. The lowest BCUT2D eigenvalue weighted by Crippen LogP contribution is -2.37. The lowest BCUT2D eigenvalue weighted by Gasteiger charge is -2.11. The molecule has 0 amide bonds. The summed E-state index contributed by atoms with van der Waals surface area (Å²) in [6.45, 7) is 1.46. The van der Waals surface area contributed by atoms with E-state index in [9.17, 15) is 19.5 Å². The number of para-hydroxylation sites is 1. The maximum Gasteiger partial charge on any atom is 0.339 e. The third kappa shape index (κ3) is 4.82. The van der Waals surface area contributed by atoms with Gasteiger partial charge in [0.2, 0.25) is 5.88 Å². The highest BCUT2D eigenvalue weighted by molar-refractivity contribution is 5.90. The highest BCUT2D eigenvalue weighted by Crippen LogP contribution is 2.29. The van der Waals surface area contributed by atoms with E-state index in [1.54, 1.807) is 31.2 Å². The van der Waals surface area contributed by atoms with Gasteiger partial charge in [-0.3, -0.25) is 9.36 Å². The zero-order chi connectivity index (χ0) is 23.4. The van der Waals surface area contributed by atoms with Crippen molar-refractivity contribution in [3.8, 4) is 29.1 Å². The largest absolute Gasteiger partial charge is 0.478 e. The van der Waals surface area contributed by atoms with E-state index >= 15 is 0 Å². The standard InChI is InChI=1S/C22H18N4O7/c1-13-12-23-22(30)26(19(13)27)8-10-32-21-24-15(17-7-4-9-31-17)11-18(25-21)33-16-6-3-2-5-14(16)20(28)29/h2-7,9,11-12H,8,10H2,1H3,(H,23,30)(H,28,29). The lowest BCUT2D eigenvalue weighted by atomic mass is 10.2. The molecule has 0 bridgehead atoms. The Morgan fingerprint density at radius 3 is 2.76 bits per heavy atom. The second-order valence-corrected chi connectivity index (χ2v) is 6.84. The summed E-state index contributed by atoms with van der Waals surface area (Å²) in [5.74, 6) is -0.648. The molecule has 0 spiro atoms. The van der Waals surface area contributed by atoms with Gasteiger partial charge in [-0.25, -0.2) is 9.59 Å². The molecule has 168 valence electrons. The first kappa shape index (κ1) is 21.6. The van der Waals surface area contributed by atoms with Crippen LogP contribution in [0.15, 0.2) is 68.9 Å². The van der Waals surface area contributed by atoms with Crippen LogP contribution in [0.3, 0.4) is 0 Å². The van der Waals surface area contributed by atoms with Crippen LogP contribution in [0.25, 0.3) is 11.5 Å². The number of aromatic amines is 1. The van der Waals surface area contributed by atoms with Gasteiger partial charge < -0.3 is 24.0 Å². The van der Waals surface area contributed by atoms with Gasteiger partial charge in [0.25, 0.3) is 5.56 Å². The first-order valence-electron chi connectivity index (χ1n) is 9.77. The molecule has 4 aromatic rings. The Bertz CT molecular complexity index is 1410. The first-order valence-corrected chi connectivity index (χ1v) is 9.77. The fourth-order valence-electron chi connectivity index (χ4n) is 2.96. The highest BCUT2D eigenvalue weighted by atomic mass is 16.5. The molecule has 0 radical (unpaired) electrons. The number of hydrogen-bond donors (Lipinski definition) is 2. The summed E-state index contributed by atoms with van der Waals surface area (Å²) < 4.78 is 17.7. The van der Waals surface area contributed by atoms with Crippen molar-refractivity contribution in [3.05, 3.63) is 86.9 Å². The summed E-state index contributed by atoms with van der Waals surface area (Å²) in [6, 6.07) is 10.8. The Morgan fingerprint density at radius 1 is 1.18 bits per heavy atom. The molecule has 0 aliphatic rings. The smallest absolute Gasteiger partial charge is 0.339 e. The van der Waals surface area contributed by atoms with Gasteiger partial charge in [-0.15, -0.1) is 0 Å². The normalized spacial score (nSPS) is 10.7. The summed E-state index contributed by atoms with van der Waals surface area (Å²) in [5, 5.41) is 9.38. The molecule has 0 atom stereocenters. The van der Waals surface area contributed by atoms with Gasteiger partial charge in [-0.05, 0) is 31.2 Å². The van der Waals surface area contributed by atoms with Crippen LogP contribution in [0, 0.1) is 6.92 Å². The predicted octanol–water partition coefficient (Wildman–Crippen LogP) is 2.46. The zero-order valence-electron chi connectivity index (χ0n) is 17.3. The van der Waals surface area contributed by atoms with Crippen LogP contribution in [0.2, 0.25) is 0 Å². The Balaban J connectivity index is 1.61. The van der Waals surface area contributed by atoms with Crippen LogP contribution in [0.1, 0.15) is 15.9 Å². The van der Waals surface area contributed by atoms with Gasteiger partial charge in [0, 0.05) is 17.8 Å². The number of aromatic nitrogens is 4. The fraction of sp³-hybridized carbons (Fsp3) is 0.136. The molecule has 2 N–H and O–H groups in total. The van der Waals surface area contributed by atoms with Crippen molar-refractivity contribution < 1.29 is 23.8 Å². The van der Waals surface area contributed by atoms with E-state index in [0.29, 0.717) is 17.0 Å². The number of hydrogen-bond acceptors (Lipinski definition) is 8. The molecule has 0 saturated carbocycles. The maximum absolute atomic E-state index is 12.2. The van der Waals surface area contributed by atoms with Gasteiger partial charge in [-0.2, -0.15) is 9.97 Å². The van der Waals surface area contributed by atoms with E-state index in [1.807, 2.05) is 0 Å². The molecule has 3 aromatic heterocycles. The van der Waals surface area contributed by atoms with E-state index in [4.69, 9.17) is 13.9 Å². The highest BCUT2D eigenvalue weighted by Gasteiger charge is 2.15. The number of H-pyrrole nitrogens is 1. The van der Waals surface area contributed by atoms with Crippen molar-refractivity contribution in [2.45, 2.75) is 13.5 Å². The van der Waals surface area contributed by atoms with Crippen molar-refractivity contribution >= 4 is 5.97 Å². The number of carboxylic acids is 1. The van der Waals surface area contributed by atoms with Gasteiger partial charge >= 0.3 is 17.7 Å². The minimum absolute atomic E-state index is 0.0191. The van der Waals surface area contributed by atoms with Gasteiger partial charge in [0.15, 0.2) is 5.76 Å². The van der Waals surface area contributed by atoms with E-state index in [0.717, 1.165) is 4.57 Å². The molecular formula is C22H18N4O7. The minimum Gasteiger partial charge on any atom is -0.478 e. The molecule has 0 aliphatic heterocycles. The molecule has 0 aliphatic carbocycles. The van der Waals surface area contributed by atoms with E-state index < -0.39 is 17.2 Å². The number of carbonyl (C=O) groups is 1. The third-order valence-corrected chi connectivity index (χ3v) is 4.57. The molecule has 1 aromatic carbocycles. The van der Waals surface area contributed by atoms with Gasteiger partial charge in [0.1, 0.15) is 23.6 Å². The molecule has 11 nitrogen and oxygen atoms in total. The molecule has 3 heterocycles. The van der Waals surface area contributed by atoms with Crippen LogP contribution in [0.4, 0.5) is 0 Å². The third-order valence-electron chi connectivity index (χ3n) is 4.57. The Kier molecular flexibility index (Phi) is 6.02. The average molecular weight is 450 g/mol. The number of rotatable bonds is 8. The van der Waals surface area contributed by atoms with Crippen molar-refractivity contribution in [3.63, 3.8) is 0 Å². The van der Waals surface area contributed by atoms with Crippen molar-refractivity contribution in [1.82, 2.24) is 19.5 Å². The molecule has 0 fully saturated rings. The second kappa shape index (κ2) is 9.22. The monoisotopic (exact) mass is 450 g/mol. The van der Waals surface area contributed by atoms with Gasteiger partial charge in [-0.1, -0.05) is 12.1 Å². The number of aryl methyl sites for hydroxylation is 1. The Hall–Kier alpha value is -4.67. The summed E-state index contributed by atoms with van der Waals surface area (Å²) in [6.07, 6.45) is 2.81. The SMILES string of the molecule is Cc1c[nH]c(=O)n(CCOc2nc(Oc3ccccc3C(=O)O)cc(-c3ccco3)n2)c1=O. The Labute approximate surface area is 185 Å². The van der Waals surface area contributed by atoms with Crippen LogP contribution in [-0.2, 0) is 6.54 Å². The minimum atomic E-state index is -1.16. The predicted molar refractivity (Wildman–Crippen MR) is 115 cm³/mol. The first-order chi connectivity index (χ1) is 15.9. The van der Waals surface area contributed by atoms with Crippen molar-refractivity contribution in [2.75, 3.05) is 6.61 Å². The van der Waals surface area contributed by atoms with E-state index in [-0.39, 0.29) is 36.4 Å². The quantitative estimate of drug-likeness (QED) is 0.413.